The second kappa shape index (κ2) is 9.47. The standard InChI is InChI=1S/C25H31FN4O3/c1-15-11-16(2)23(28-17(15)3)29-7-9-30(10-8-29)25(32)20-6-5-18(12-21(20)26)22-19(14-33-4)13-27-24(22)31/h5-6,11-12,19,22H,7-10,13-14H2,1-4H3,(H,27,31)/t19?,22-/m0/s1. The molecule has 4 rings (SSSR count). The summed E-state index contributed by atoms with van der Waals surface area (Å²) in [7, 11) is 1.58. The van der Waals surface area contributed by atoms with Crippen molar-refractivity contribution in [2.75, 3.05) is 51.3 Å². The zero-order valence-electron chi connectivity index (χ0n) is 19.7. The Balaban J connectivity index is 1.45. The minimum atomic E-state index is -0.595. The van der Waals surface area contributed by atoms with Crippen LogP contribution >= 0.6 is 0 Å². The smallest absolute Gasteiger partial charge is 0.256 e. The summed E-state index contributed by atoms with van der Waals surface area (Å²) in [4.78, 5) is 33.9. The largest absolute Gasteiger partial charge is 0.384 e. The van der Waals surface area contributed by atoms with Crippen molar-refractivity contribution in [1.82, 2.24) is 15.2 Å². The van der Waals surface area contributed by atoms with E-state index in [0.29, 0.717) is 44.9 Å². The number of aromatic nitrogens is 1. The number of hydrogen-bond donors (Lipinski definition) is 1. The fourth-order valence-corrected chi connectivity index (χ4v) is 4.81. The van der Waals surface area contributed by atoms with Crippen molar-refractivity contribution in [2.24, 2.45) is 5.92 Å². The number of carbonyl (C=O) groups excluding carboxylic acids is 2. The fraction of sp³-hybridized carbons (Fsp3) is 0.480. The first-order valence-corrected chi connectivity index (χ1v) is 11.3. The Bertz CT molecular complexity index is 1070. The molecule has 1 unspecified atom stereocenters. The molecule has 0 spiro atoms. The zero-order chi connectivity index (χ0) is 23.7. The van der Waals surface area contributed by atoms with E-state index in [4.69, 9.17) is 9.72 Å². The van der Waals surface area contributed by atoms with Crippen LogP contribution in [0.1, 0.15) is 38.7 Å². The van der Waals surface area contributed by atoms with Crippen LogP contribution in [0, 0.1) is 32.5 Å². The second-order valence-corrected chi connectivity index (χ2v) is 8.99. The van der Waals surface area contributed by atoms with Crippen LogP contribution in [0.25, 0.3) is 0 Å². The lowest BCUT2D eigenvalue weighted by molar-refractivity contribution is -0.120. The number of benzene rings is 1. The zero-order valence-corrected chi connectivity index (χ0v) is 19.7. The van der Waals surface area contributed by atoms with Crippen LogP contribution < -0.4 is 10.2 Å². The Hall–Kier alpha value is -3.00. The van der Waals surface area contributed by atoms with Crippen LogP contribution in [-0.4, -0.2) is 68.1 Å². The highest BCUT2D eigenvalue weighted by Crippen LogP contribution is 2.31. The lowest BCUT2D eigenvalue weighted by Crippen LogP contribution is -2.49. The molecule has 2 aliphatic heterocycles. The number of carbonyl (C=O) groups is 2. The van der Waals surface area contributed by atoms with Gasteiger partial charge in [-0.25, -0.2) is 9.37 Å². The van der Waals surface area contributed by atoms with Crippen LogP contribution in [0.3, 0.4) is 0 Å². The average Bonchev–Trinajstić information content (AvgIpc) is 3.16. The highest BCUT2D eigenvalue weighted by atomic mass is 19.1. The van der Waals surface area contributed by atoms with E-state index in [0.717, 1.165) is 22.6 Å². The molecule has 0 aliphatic carbocycles. The molecule has 2 atom stereocenters. The number of ether oxygens (including phenoxy) is 1. The minimum Gasteiger partial charge on any atom is -0.384 e. The molecule has 0 bridgehead atoms. The van der Waals surface area contributed by atoms with E-state index >= 15 is 0 Å². The highest BCUT2D eigenvalue weighted by molar-refractivity contribution is 5.95. The lowest BCUT2D eigenvalue weighted by Gasteiger charge is -2.36. The van der Waals surface area contributed by atoms with Crippen molar-refractivity contribution in [3.8, 4) is 0 Å². The number of hydrogen-bond acceptors (Lipinski definition) is 5. The van der Waals surface area contributed by atoms with Crippen LogP contribution in [0.4, 0.5) is 10.2 Å². The van der Waals surface area contributed by atoms with Gasteiger partial charge in [-0.2, -0.15) is 0 Å². The molecule has 2 aliphatic rings. The number of amides is 2. The van der Waals surface area contributed by atoms with Gasteiger partial charge in [0.15, 0.2) is 0 Å². The summed E-state index contributed by atoms with van der Waals surface area (Å²) in [5.41, 5.74) is 3.88. The van der Waals surface area contributed by atoms with Gasteiger partial charge in [0.1, 0.15) is 11.6 Å². The summed E-state index contributed by atoms with van der Waals surface area (Å²) in [6.07, 6.45) is 0. The molecule has 3 heterocycles. The summed E-state index contributed by atoms with van der Waals surface area (Å²) >= 11 is 0. The van der Waals surface area contributed by atoms with Crippen molar-refractivity contribution in [1.29, 1.82) is 0 Å². The Morgan fingerprint density at radius 2 is 1.88 bits per heavy atom. The maximum absolute atomic E-state index is 15.0. The molecular formula is C25H31FN4O3. The quantitative estimate of drug-likeness (QED) is 0.752. The Morgan fingerprint density at radius 3 is 2.55 bits per heavy atom. The van der Waals surface area contributed by atoms with Crippen molar-refractivity contribution >= 4 is 17.6 Å². The number of pyridine rings is 1. The van der Waals surface area contributed by atoms with Crippen molar-refractivity contribution in [3.63, 3.8) is 0 Å². The first-order valence-electron chi connectivity index (χ1n) is 11.3. The van der Waals surface area contributed by atoms with Crippen LogP contribution in [-0.2, 0) is 9.53 Å². The summed E-state index contributed by atoms with van der Waals surface area (Å²) < 4.78 is 20.2. The topological polar surface area (TPSA) is 74.8 Å². The molecule has 1 N–H and O–H groups in total. The normalized spacial score (nSPS) is 20.8. The number of nitrogens with zero attached hydrogens (tertiary/aromatic N) is 3. The van der Waals surface area contributed by atoms with E-state index in [2.05, 4.69) is 16.3 Å². The SMILES string of the molecule is COCC1CNC(=O)[C@H]1c1ccc(C(=O)N2CCN(c3nc(C)c(C)cc3C)CC2)c(F)c1. The van der Waals surface area contributed by atoms with Crippen molar-refractivity contribution in [2.45, 2.75) is 26.7 Å². The molecule has 7 nitrogen and oxygen atoms in total. The maximum Gasteiger partial charge on any atom is 0.256 e. The van der Waals surface area contributed by atoms with Crippen molar-refractivity contribution < 1.29 is 18.7 Å². The van der Waals surface area contributed by atoms with Gasteiger partial charge >= 0.3 is 0 Å². The molecule has 0 saturated carbocycles. The van der Waals surface area contributed by atoms with Gasteiger partial charge in [-0.05, 0) is 49.6 Å². The van der Waals surface area contributed by atoms with E-state index in [1.54, 1.807) is 18.1 Å². The molecule has 1 aromatic heterocycles. The summed E-state index contributed by atoms with van der Waals surface area (Å²) in [5.74, 6) is -0.641. The van der Waals surface area contributed by atoms with E-state index in [1.165, 1.54) is 12.1 Å². The number of halogens is 1. The molecule has 2 amide bonds. The Labute approximate surface area is 193 Å². The summed E-state index contributed by atoms with van der Waals surface area (Å²) in [6.45, 7) is 9.27. The summed E-state index contributed by atoms with van der Waals surface area (Å²) in [5, 5.41) is 2.81. The van der Waals surface area contributed by atoms with Gasteiger partial charge in [-0.15, -0.1) is 0 Å². The molecule has 8 heteroatoms. The van der Waals surface area contributed by atoms with Gasteiger partial charge < -0.3 is 19.9 Å². The summed E-state index contributed by atoms with van der Waals surface area (Å²) in [6, 6.07) is 6.65. The number of nitrogens with one attached hydrogen (secondary N) is 1. The van der Waals surface area contributed by atoms with Crippen LogP contribution in [0.15, 0.2) is 24.3 Å². The first-order chi connectivity index (χ1) is 15.8. The third-order valence-electron chi connectivity index (χ3n) is 6.75. The fourth-order valence-electron chi connectivity index (χ4n) is 4.81. The van der Waals surface area contributed by atoms with E-state index < -0.39 is 11.7 Å². The van der Waals surface area contributed by atoms with E-state index in [-0.39, 0.29) is 23.3 Å². The van der Waals surface area contributed by atoms with Crippen molar-refractivity contribution in [3.05, 3.63) is 58.0 Å². The molecule has 176 valence electrons. The number of piperazine rings is 1. The number of rotatable bonds is 5. The molecular weight excluding hydrogens is 423 g/mol. The minimum absolute atomic E-state index is 0.0365. The number of aryl methyl sites for hydroxylation is 3. The molecule has 2 saturated heterocycles. The van der Waals surface area contributed by atoms with E-state index in [9.17, 15) is 14.0 Å². The van der Waals surface area contributed by atoms with Gasteiger partial charge in [0.25, 0.3) is 5.91 Å². The third-order valence-corrected chi connectivity index (χ3v) is 6.75. The van der Waals surface area contributed by atoms with Crippen LogP contribution in [0.5, 0.6) is 0 Å². The molecule has 1 aromatic carbocycles. The van der Waals surface area contributed by atoms with Crippen LogP contribution in [0.2, 0.25) is 0 Å². The van der Waals surface area contributed by atoms with Gasteiger partial charge in [-0.3, -0.25) is 9.59 Å². The highest BCUT2D eigenvalue weighted by Gasteiger charge is 2.36. The first kappa shape index (κ1) is 23.2. The Kier molecular flexibility index (Phi) is 6.65. The van der Waals surface area contributed by atoms with Gasteiger partial charge in [0.05, 0.1) is 18.1 Å². The van der Waals surface area contributed by atoms with Gasteiger partial charge in [-0.1, -0.05) is 12.1 Å². The predicted octanol–water partition coefficient (Wildman–Crippen LogP) is 2.58. The van der Waals surface area contributed by atoms with Gasteiger partial charge in [0, 0.05) is 51.4 Å². The maximum atomic E-state index is 15.0. The predicted molar refractivity (Wildman–Crippen MR) is 124 cm³/mol. The third kappa shape index (κ3) is 4.57. The molecule has 33 heavy (non-hydrogen) atoms. The second-order valence-electron chi connectivity index (χ2n) is 8.99. The number of methoxy groups -OCH3 is 1. The lowest BCUT2D eigenvalue weighted by atomic mass is 9.88. The number of anilines is 1. The monoisotopic (exact) mass is 454 g/mol. The molecule has 2 aromatic rings. The van der Waals surface area contributed by atoms with E-state index in [1.807, 2.05) is 20.8 Å². The molecule has 0 radical (unpaired) electrons. The Morgan fingerprint density at radius 1 is 1.15 bits per heavy atom. The molecule has 2 fully saturated rings. The average molecular weight is 455 g/mol. The van der Waals surface area contributed by atoms with Gasteiger partial charge in [0.2, 0.25) is 5.91 Å².